The van der Waals surface area contributed by atoms with E-state index < -0.39 is 12.1 Å². The number of hydrogen-bond donors (Lipinski definition) is 3. The number of nitrogens with one attached hydrogen (secondary N) is 2. The lowest BCUT2D eigenvalue weighted by Gasteiger charge is -2.18. The Bertz CT molecular complexity index is 987. The third kappa shape index (κ3) is 5.13. The van der Waals surface area contributed by atoms with Gasteiger partial charge in [-0.2, -0.15) is 18.3 Å². The van der Waals surface area contributed by atoms with Crippen molar-refractivity contribution in [2.75, 3.05) is 39.0 Å². The maximum atomic E-state index is 12.2. The average Bonchev–Trinajstić information content (AvgIpc) is 3.08. The second kappa shape index (κ2) is 8.92. The number of anilines is 1. The Kier molecular flexibility index (Phi) is 6.48. The van der Waals surface area contributed by atoms with Gasteiger partial charge < -0.3 is 20.6 Å². The SMILES string of the molecule is CN(C)CCNc1cc2c(cn1)CCc1c-2nn2c1C(=O)NCC2.O=C(O)C(F)(F)F. The van der Waals surface area contributed by atoms with Crippen molar-refractivity contribution in [1.29, 1.82) is 0 Å². The molecule has 168 valence electrons. The van der Waals surface area contributed by atoms with Crippen molar-refractivity contribution in [2.45, 2.75) is 25.6 Å². The van der Waals surface area contributed by atoms with E-state index in [1.54, 1.807) is 0 Å². The van der Waals surface area contributed by atoms with E-state index >= 15 is 0 Å². The number of carboxylic acid groups (broad SMARTS) is 1. The standard InChI is InChI=1S/C17H22N6O.C2HF3O2/c1-22(2)7-5-18-14-9-13-11(10-20-14)3-4-12-15(13)21-23-8-6-19-17(24)16(12)23;3-2(4,5)1(6)7/h9-10H,3-8H2,1-2H3,(H,18,20)(H,19,24);(H,6,7). The number of rotatable bonds is 4. The van der Waals surface area contributed by atoms with E-state index in [-0.39, 0.29) is 5.91 Å². The number of carbonyl (C=O) groups excluding carboxylic acids is 1. The van der Waals surface area contributed by atoms with E-state index in [0.717, 1.165) is 60.8 Å². The second-order valence-corrected chi connectivity index (χ2v) is 7.41. The summed E-state index contributed by atoms with van der Waals surface area (Å²) in [7, 11) is 4.10. The number of fused-ring (bicyclic) bond motifs is 5. The normalized spacial score (nSPS) is 14.6. The molecule has 3 N–H and O–H groups in total. The zero-order valence-electron chi connectivity index (χ0n) is 17.1. The molecule has 12 heteroatoms. The summed E-state index contributed by atoms with van der Waals surface area (Å²) in [4.78, 5) is 27.7. The molecule has 0 radical (unpaired) electrons. The summed E-state index contributed by atoms with van der Waals surface area (Å²) in [6.07, 6.45) is -1.39. The topological polar surface area (TPSA) is 112 Å². The number of halogens is 3. The minimum absolute atomic E-state index is 0.00293. The molecule has 2 aromatic heterocycles. The first kappa shape index (κ1) is 22.5. The third-order valence-electron chi connectivity index (χ3n) is 4.87. The number of aromatic nitrogens is 3. The van der Waals surface area contributed by atoms with Crippen LogP contribution < -0.4 is 10.6 Å². The molecule has 2 aliphatic rings. The van der Waals surface area contributed by atoms with E-state index in [1.807, 2.05) is 10.9 Å². The zero-order valence-corrected chi connectivity index (χ0v) is 17.1. The maximum absolute atomic E-state index is 12.2. The number of hydrogen-bond acceptors (Lipinski definition) is 6. The number of amides is 1. The highest BCUT2D eigenvalue weighted by Crippen LogP contribution is 2.35. The van der Waals surface area contributed by atoms with Crippen LogP contribution in [-0.4, -0.2) is 76.6 Å². The quantitative estimate of drug-likeness (QED) is 0.659. The first-order chi connectivity index (χ1) is 14.6. The van der Waals surface area contributed by atoms with E-state index in [2.05, 4.69) is 40.7 Å². The number of carbonyl (C=O) groups is 2. The van der Waals surface area contributed by atoms with Gasteiger partial charge in [-0.3, -0.25) is 9.48 Å². The predicted molar refractivity (Wildman–Crippen MR) is 106 cm³/mol. The fourth-order valence-electron chi connectivity index (χ4n) is 3.39. The molecule has 0 saturated carbocycles. The molecule has 1 amide bonds. The van der Waals surface area contributed by atoms with Crippen molar-refractivity contribution in [3.05, 3.63) is 29.1 Å². The first-order valence-corrected chi connectivity index (χ1v) is 9.63. The molecular formula is C19H23F3N6O3. The summed E-state index contributed by atoms with van der Waals surface area (Å²) >= 11 is 0. The highest BCUT2D eigenvalue weighted by molar-refractivity contribution is 5.97. The van der Waals surface area contributed by atoms with Crippen molar-refractivity contribution < 1.29 is 27.9 Å². The van der Waals surface area contributed by atoms with Gasteiger partial charge in [0.2, 0.25) is 0 Å². The zero-order chi connectivity index (χ0) is 22.8. The number of aliphatic carboxylic acids is 1. The van der Waals surface area contributed by atoms with E-state index in [0.29, 0.717) is 6.54 Å². The molecule has 0 saturated heterocycles. The molecule has 3 heterocycles. The van der Waals surface area contributed by atoms with Crippen LogP contribution in [0.25, 0.3) is 11.3 Å². The Morgan fingerprint density at radius 2 is 2.06 bits per heavy atom. The summed E-state index contributed by atoms with van der Waals surface area (Å²) in [6.45, 7) is 3.17. The van der Waals surface area contributed by atoms with Crippen LogP contribution >= 0.6 is 0 Å². The molecule has 1 aliphatic carbocycles. The molecule has 0 aromatic carbocycles. The molecule has 31 heavy (non-hydrogen) atoms. The van der Waals surface area contributed by atoms with Crippen LogP contribution in [0.3, 0.4) is 0 Å². The van der Waals surface area contributed by atoms with Gasteiger partial charge in [0.15, 0.2) is 0 Å². The van der Waals surface area contributed by atoms with E-state index in [4.69, 9.17) is 15.0 Å². The number of nitrogens with zero attached hydrogens (tertiary/aromatic N) is 4. The molecule has 2 aromatic rings. The molecule has 0 unspecified atom stereocenters. The van der Waals surface area contributed by atoms with Crippen molar-refractivity contribution in [3.8, 4) is 11.3 Å². The van der Waals surface area contributed by atoms with Gasteiger partial charge in [0.1, 0.15) is 11.5 Å². The fourth-order valence-corrected chi connectivity index (χ4v) is 3.39. The first-order valence-electron chi connectivity index (χ1n) is 9.63. The van der Waals surface area contributed by atoms with Crippen LogP contribution in [0.15, 0.2) is 12.3 Å². The Hall–Kier alpha value is -3.15. The maximum Gasteiger partial charge on any atom is 0.490 e. The Morgan fingerprint density at radius 1 is 1.35 bits per heavy atom. The van der Waals surface area contributed by atoms with Gasteiger partial charge in [-0.25, -0.2) is 9.78 Å². The molecule has 9 nitrogen and oxygen atoms in total. The van der Waals surface area contributed by atoms with E-state index in [1.165, 1.54) is 5.56 Å². The highest BCUT2D eigenvalue weighted by Gasteiger charge is 2.38. The van der Waals surface area contributed by atoms with Crippen molar-refractivity contribution >= 4 is 17.7 Å². The largest absolute Gasteiger partial charge is 0.490 e. The van der Waals surface area contributed by atoms with Gasteiger partial charge in [-0.05, 0) is 38.6 Å². The fraction of sp³-hybridized carbons (Fsp3) is 0.474. The number of pyridine rings is 1. The van der Waals surface area contributed by atoms with Gasteiger partial charge >= 0.3 is 12.1 Å². The van der Waals surface area contributed by atoms with Gasteiger partial charge in [0.05, 0.1) is 12.2 Å². The molecule has 4 rings (SSSR count). The van der Waals surface area contributed by atoms with Crippen molar-refractivity contribution in [1.82, 2.24) is 25.0 Å². The van der Waals surface area contributed by atoms with E-state index in [9.17, 15) is 18.0 Å². The lowest BCUT2D eigenvalue weighted by atomic mass is 9.90. The Morgan fingerprint density at radius 3 is 2.71 bits per heavy atom. The van der Waals surface area contributed by atoms with Crippen molar-refractivity contribution in [2.24, 2.45) is 0 Å². The predicted octanol–water partition coefficient (Wildman–Crippen LogP) is 1.39. The van der Waals surface area contributed by atoms with Crippen molar-refractivity contribution in [3.63, 3.8) is 0 Å². The second-order valence-electron chi connectivity index (χ2n) is 7.41. The molecule has 0 atom stereocenters. The molecule has 0 fully saturated rings. The minimum atomic E-state index is -5.08. The lowest BCUT2D eigenvalue weighted by Crippen LogP contribution is -2.36. The Balaban J connectivity index is 0.000000339. The van der Waals surface area contributed by atoms with Crippen LogP contribution in [0, 0.1) is 0 Å². The monoisotopic (exact) mass is 440 g/mol. The number of alkyl halides is 3. The molecule has 0 spiro atoms. The number of carboxylic acids is 1. The highest BCUT2D eigenvalue weighted by atomic mass is 19.4. The van der Waals surface area contributed by atoms with Crippen LogP contribution in [0.5, 0.6) is 0 Å². The van der Waals surface area contributed by atoms with Crippen LogP contribution in [0.1, 0.15) is 21.6 Å². The van der Waals surface area contributed by atoms with Crippen LogP contribution in [0.4, 0.5) is 19.0 Å². The van der Waals surface area contributed by atoms with Gasteiger partial charge in [-0.15, -0.1) is 0 Å². The summed E-state index contributed by atoms with van der Waals surface area (Å²) in [5.74, 6) is -1.90. The average molecular weight is 440 g/mol. The molecule has 0 bridgehead atoms. The van der Waals surface area contributed by atoms with Gasteiger partial charge in [0, 0.05) is 37.0 Å². The van der Waals surface area contributed by atoms with Crippen LogP contribution in [-0.2, 0) is 24.2 Å². The number of likely N-dealkylation sites (N-methyl/N-ethyl adjacent to an activating group) is 1. The lowest BCUT2D eigenvalue weighted by molar-refractivity contribution is -0.192. The summed E-state index contributed by atoms with van der Waals surface area (Å²) < 4.78 is 33.6. The van der Waals surface area contributed by atoms with Gasteiger partial charge in [-0.1, -0.05) is 0 Å². The van der Waals surface area contributed by atoms with Crippen LogP contribution in [0.2, 0.25) is 0 Å². The summed E-state index contributed by atoms with van der Waals surface area (Å²) in [6, 6.07) is 2.07. The number of aryl methyl sites for hydroxylation is 1. The van der Waals surface area contributed by atoms with Gasteiger partial charge in [0.25, 0.3) is 5.91 Å². The smallest absolute Gasteiger partial charge is 0.475 e. The summed E-state index contributed by atoms with van der Waals surface area (Å²) in [5.41, 5.74) is 5.07. The Labute approximate surface area is 176 Å². The molecular weight excluding hydrogens is 417 g/mol. The summed E-state index contributed by atoms with van der Waals surface area (Å²) in [5, 5.41) is 18.1. The minimum Gasteiger partial charge on any atom is -0.475 e. The molecule has 1 aliphatic heterocycles. The third-order valence-corrected chi connectivity index (χ3v) is 4.87.